The third-order valence-corrected chi connectivity index (χ3v) is 5.26. The number of nitrogens with two attached hydrogens (primary N) is 4. The van der Waals surface area contributed by atoms with Crippen molar-refractivity contribution >= 4 is 64.0 Å². The van der Waals surface area contributed by atoms with Gasteiger partial charge in [-0.1, -0.05) is 23.2 Å². The van der Waals surface area contributed by atoms with Crippen molar-refractivity contribution in [1.82, 2.24) is 10.1 Å². The fraction of sp³-hybridized carbons (Fsp3) is 0.444. The van der Waals surface area contributed by atoms with Gasteiger partial charge in [0, 0.05) is 21.2 Å². The van der Waals surface area contributed by atoms with Gasteiger partial charge in [-0.3, -0.25) is 9.68 Å². The molecule has 0 fully saturated rings. The highest BCUT2D eigenvalue weighted by atomic mass is 79.9. The first kappa shape index (κ1) is 26.9. The fourth-order valence-corrected chi connectivity index (χ4v) is 3.64. The van der Waals surface area contributed by atoms with Crippen molar-refractivity contribution in [3.63, 3.8) is 0 Å². The third kappa shape index (κ3) is 5.98. The van der Waals surface area contributed by atoms with E-state index in [9.17, 15) is 0 Å². The molecule has 3 rings (SSSR count). The minimum atomic E-state index is -0.839. The van der Waals surface area contributed by atoms with Gasteiger partial charge >= 0.3 is 0 Å². The van der Waals surface area contributed by atoms with Crippen LogP contribution in [-0.4, -0.2) is 45.3 Å². The highest BCUT2D eigenvalue weighted by Crippen LogP contribution is 2.29. The number of nitrogens with zero attached hydrogens (tertiary/aromatic N) is 6. The zero-order chi connectivity index (χ0) is 23.8. The van der Waals surface area contributed by atoms with Crippen LogP contribution in [0.15, 0.2) is 32.1 Å². The van der Waals surface area contributed by atoms with Crippen LogP contribution in [0, 0.1) is 0 Å². The average Bonchev–Trinajstić information content (AvgIpc) is 2.61. The van der Waals surface area contributed by atoms with Crippen molar-refractivity contribution in [2.75, 3.05) is 0 Å². The maximum atomic E-state index is 6.45. The monoisotopic (exact) mass is 564 g/mol. The van der Waals surface area contributed by atoms with Gasteiger partial charge in [-0.15, -0.1) is 17.0 Å². The number of rotatable bonds is 6. The van der Waals surface area contributed by atoms with Gasteiger partial charge in [0.1, 0.15) is 13.2 Å². The average molecular weight is 566 g/mol. The van der Waals surface area contributed by atoms with E-state index in [1.54, 1.807) is 39.8 Å². The topological polar surface area (TPSA) is 178 Å². The van der Waals surface area contributed by atoms with Gasteiger partial charge in [0.15, 0.2) is 11.3 Å². The number of hydroxylamine groups is 4. The molecule has 0 radical (unpaired) electrons. The first-order valence-corrected chi connectivity index (χ1v) is 10.3. The maximum Gasteiger partial charge on any atom is 0.226 e. The summed E-state index contributed by atoms with van der Waals surface area (Å²) in [5.41, 5.74) is 22.8. The van der Waals surface area contributed by atoms with Gasteiger partial charge in [0.2, 0.25) is 23.8 Å². The maximum absolute atomic E-state index is 6.45. The van der Waals surface area contributed by atoms with E-state index in [0.717, 1.165) is 0 Å². The second-order valence-corrected chi connectivity index (χ2v) is 8.85. The van der Waals surface area contributed by atoms with Crippen LogP contribution in [0.2, 0.25) is 10.0 Å². The van der Waals surface area contributed by atoms with Crippen molar-refractivity contribution in [2.24, 2.45) is 42.9 Å². The molecular formula is C18H27BrCl2N10O2. The van der Waals surface area contributed by atoms with E-state index in [1.807, 2.05) is 0 Å². The van der Waals surface area contributed by atoms with E-state index in [-0.39, 0.29) is 54.0 Å². The van der Waals surface area contributed by atoms with E-state index in [4.69, 9.17) is 55.8 Å². The molecule has 0 atom stereocenters. The lowest BCUT2D eigenvalue weighted by Gasteiger charge is -2.37. The highest BCUT2D eigenvalue weighted by Gasteiger charge is 2.34. The first-order chi connectivity index (χ1) is 14.8. The molecule has 0 unspecified atom stereocenters. The predicted octanol–water partition coefficient (Wildman–Crippen LogP) is 1.80. The highest BCUT2D eigenvalue weighted by molar-refractivity contribution is 8.93. The Morgan fingerprint density at radius 1 is 0.758 bits per heavy atom. The van der Waals surface area contributed by atoms with Crippen LogP contribution in [-0.2, 0) is 22.9 Å². The Hall–Kier alpha value is -2.32. The van der Waals surface area contributed by atoms with Crippen molar-refractivity contribution in [3.8, 4) is 0 Å². The fourth-order valence-electron chi connectivity index (χ4n) is 3.15. The Bertz CT molecular complexity index is 960. The zero-order valence-corrected chi connectivity index (χ0v) is 21.8. The van der Waals surface area contributed by atoms with Crippen LogP contribution in [0.5, 0.6) is 0 Å². The van der Waals surface area contributed by atoms with Crippen molar-refractivity contribution in [2.45, 2.75) is 52.2 Å². The molecule has 0 spiro atoms. The van der Waals surface area contributed by atoms with E-state index >= 15 is 0 Å². The summed E-state index contributed by atoms with van der Waals surface area (Å²) < 4.78 is 0. The molecule has 15 heteroatoms. The molecule has 0 aromatic heterocycles. The molecule has 8 N–H and O–H groups in total. The van der Waals surface area contributed by atoms with E-state index in [2.05, 4.69) is 20.0 Å². The predicted molar refractivity (Wildman–Crippen MR) is 135 cm³/mol. The van der Waals surface area contributed by atoms with Gasteiger partial charge in [0.05, 0.1) is 0 Å². The smallest absolute Gasteiger partial charge is 0.226 e. The molecule has 1 aromatic rings. The first-order valence-electron chi connectivity index (χ1n) is 9.52. The Morgan fingerprint density at radius 2 is 1.09 bits per heavy atom. The lowest BCUT2D eigenvalue weighted by atomic mass is 10.1. The minimum Gasteiger partial charge on any atom is -0.368 e. The molecule has 2 heterocycles. The molecule has 0 saturated carbocycles. The zero-order valence-electron chi connectivity index (χ0n) is 18.5. The number of guanidine groups is 4. The molecular weight excluding hydrogens is 539 g/mol. The van der Waals surface area contributed by atoms with Crippen molar-refractivity contribution in [3.05, 3.63) is 33.3 Å². The summed E-state index contributed by atoms with van der Waals surface area (Å²) in [5.74, 6) is 0.324. The third-order valence-electron chi connectivity index (χ3n) is 4.56. The number of halogens is 3. The molecule has 0 bridgehead atoms. The molecule has 2 aliphatic heterocycles. The van der Waals surface area contributed by atoms with Gasteiger partial charge in [-0.2, -0.15) is 20.1 Å². The number of benzene rings is 1. The number of aliphatic imine (C=N–C) groups is 4. The van der Waals surface area contributed by atoms with E-state index < -0.39 is 11.3 Å². The van der Waals surface area contributed by atoms with Crippen LogP contribution < -0.4 is 22.9 Å². The Kier molecular flexibility index (Phi) is 8.07. The second kappa shape index (κ2) is 9.89. The standard InChI is InChI=1S/C18H26Cl2N10O2.BrH/c1-17(2)27-13(21)25-15(23)29(17)31-7-9-5-12(20)10(6-11(9)19)8-32-30-16(24)26-14(22)28-18(30,3)4;/h5-6H,7-8H2,1-4H3,(H4,21,23,25,27)(H4,22,24,26,28);1H. The van der Waals surface area contributed by atoms with Crippen LogP contribution in [0.1, 0.15) is 38.8 Å². The quantitative estimate of drug-likeness (QED) is 0.403. The molecule has 33 heavy (non-hydrogen) atoms. The molecule has 2 aliphatic rings. The van der Waals surface area contributed by atoms with Gasteiger partial charge < -0.3 is 22.9 Å². The van der Waals surface area contributed by atoms with E-state index in [0.29, 0.717) is 21.2 Å². The van der Waals surface area contributed by atoms with Crippen LogP contribution >= 0.6 is 40.2 Å². The lowest BCUT2D eigenvalue weighted by Crippen LogP contribution is -2.53. The van der Waals surface area contributed by atoms with Gasteiger partial charge in [-0.05, 0) is 39.8 Å². The van der Waals surface area contributed by atoms with Crippen LogP contribution in [0.3, 0.4) is 0 Å². The van der Waals surface area contributed by atoms with Crippen molar-refractivity contribution < 1.29 is 9.68 Å². The molecule has 1 aromatic carbocycles. The second-order valence-electron chi connectivity index (χ2n) is 8.04. The Morgan fingerprint density at radius 3 is 1.39 bits per heavy atom. The molecule has 0 saturated heterocycles. The van der Waals surface area contributed by atoms with Crippen molar-refractivity contribution in [1.29, 1.82) is 0 Å². The van der Waals surface area contributed by atoms with E-state index in [1.165, 1.54) is 10.1 Å². The molecule has 0 amide bonds. The SMILES string of the molecule is Br.CC1(C)N=C(N)N=C(N)N1OCc1cc(Cl)c(CON2C(N)=NC(N)=NC2(C)C)cc1Cl. The summed E-state index contributed by atoms with van der Waals surface area (Å²) in [4.78, 5) is 27.9. The summed E-state index contributed by atoms with van der Waals surface area (Å²) in [6.07, 6.45) is 0. The number of hydrogen-bond acceptors (Lipinski definition) is 12. The van der Waals surface area contributed by atoms with Gasteiger partial charge in [0.25, 0.3) is 0 Å². The summed E-state index contributed by atoms with van der Waals surface area (Å²) in [5, 5.41) is 3.56. The largest absolute Gasteiger partial charge is 0.368 e. The number of hydrogen-bond donors (Lipinski definition) is 4. The molecule has 182 valence electrons. The van der Waals surface area contributed by atoms with Crippen LogP contribution in [0.4, 0.5) is 0 Å². The van der Waals surface area contributed by atoms with Gasteiger partial charge in [-0.25, -0.2) is 9.98 Å². The summed E-state index contributed by atoms with van der Waals surface area (Å²) >= 11 is 12.9. The molecule has 12 nitrogen and oxygen atoms in total. The minimum absolute atomic E-state index is 0. The summed E-state index contributed by atoms with van der Waals surface area (Å²) in [6.45, 7) is 7.27. The summed E-state index contributed by atoms with van der Waals surface area (Å²) in [6, 6.07) is 3.36. The Labute approximate surface area is 212 Å². The van der Waals surface area contributed by atoms with Crippen LogP contribution in [0.25, 0.3) is 0 Å². The normalized spacial score (nSPS) is 19.2. The lowest BCUT2D eigenvalue weighted by molar-refractivity contribution is -0.167. The Balaban J connectivity index is 0.00000385. The summed E-state index contributed by atoms with van der Waals surface area (Å²) in [7, 11) is 0. The molecule has 0 aliphatic carbocycles.